The summed E-state index contributed by atoms with van der Waals surface area (Å²) in [4.78, 5) is 14.2. The van der Waals surface area contributed by atoms with Crippen molar-refractivity contribution in [2.24, 2.45) is 5.92 Å². The van der Waals surface area contributed by atoms with Gasteiger partial charge in [0.25, 0.3) is 5.91 Å². The van der Waals surface area contributed by atoms with E-state index in [4.69, 9.17) is 10.5 Å². The highest BCUT2D eigenvalue weighted by molar-refractivity contribution is 5.95. The molecule has 1 aromatic rings. The summed E-state index contributed by atoms with van der Waals surface area (Å²) >= 11 is 0. The van der Waals surface area contributed by atoms with Gasteiger partial charge in [-0.1, -0.05) is 6.92 Å². The molecule has 2 unspecified atom stereocenters. The van der Waals surface area contributed by atoms with Crippen molar-refractivity contribution < 1.29 is 14.6 Å². The van der Waals surface area contributed by atoms with Crippen LogP contribution in [0, 0.1) is 5.92 Å². The van der Waals surface area contributed by atoms with E-state index < -0.39 is 0 Å². The number of carbonyl (C=O) groups excluding carboxylic acids is 1. The highest BCUT2D eigenvalue weighted by Crippen LogP contribution is 2.23. The maximum Gasteiger partial charge on any atom is 0.254 e. The van der Waals surface area contributed by atoms with Gasteiger partial charge in [0.15, 0.2) is 0 Å². The lowest BCUT2D eigenvalue weighted by atomic mass is 9.96. The highest BCUT2D eigenvalue weighted by Gasteiger charge is 2.28. The van der Waals surface area contributed by atoms with E-state index >= 15 is 0 Å². The number of methoxy groups -OCH3 is 1. The monoisotopic (exact) mass is 264 g/mol. The third-order valence-corrected chi connectivity index (χ3v) is 3.56. The molecule has 1 aromatic carbocycles. The number of nitrogens with two attached hydrogens (primary N) is 1. The fourth-order valence-corrected chi connectivity index (χ4v) is 2.36. The topological polar surface area (TPSA) is 75.8 Å². The summed E-state index contributed by atoms with van der Waals surface area (Å²) < 4.78 is 5.12. The quantitative estimate of drug-likeness (QED) is 0.785. The maximum absolute atomic E-state index is 12.4. The van der Waals surface area contributed by atoms with Crippen LogP contribution in [0.3, 0.4) is 0 Å². The first-order valence-electron chi connectivity index (χ1n) is 6.43. The van der Waals surface area contributed by atoms with Crippen molar-refractivity contribution in [2.45, 2.75) is 19.4 Å². The number of likely N-dealkylation sites (tertiary alicyclic amines) is 1. The lowest BCUT2D eigenvalue weighted by molar-refractivity contribution is 0.0297. The lowest BCUT2D eigenvalue weighted by Gasteiger charge is -2.34. The van der Waals surface area contributed by atoms with Crippen LogP contribution in [-0.4, -0.2) is 42.2 Å². The molecule has 104 valence electrons. The average molecular weight is 264 g/mol. The standard InChI is InChI=1S/C14H20N2O3/c1-9-8-16(4-3-13(9)17)14(18)10-5-11(15)7-12(6-10)19-2/h5-7,9,13,17H,3-4,8,15H2,1-2H3. The molecule has 0 saturated carbocycles. The molecule has 1 saturated heterocycles. The van der Waals surface area contributed by atoms with Crippen molar-refractivity contribution in [3.05, 3.63) is 23.8 Å². The molecular weight excluding hydrogens is 244 g/mol. The Bertz CT molecular complexity index is 476. The van der Waals surface area contributed by atoms with Crippen LogP contribution in [0.2, 0.25) is 0 Å². The Kier molecular flexibility index (Phi) is 3.95. The SMILES string of the molecule is COc1cc(N)cc(C(=O)N2CCC(O)C(C)C2)c1. The van der Waals surface area contributed by atoms with Gasteiger partial charge in [0, 0.05) is 30.4 Å². The molecule has 2 atom stereocenters. The summed E-state index contributed by atoms with van der Waals surface area (Å²) in [6.45, 7) is 3.09. The number of aliphatic hydroxyl groups is 1. The molecule has 2 rings (SSSR count). The van der Waals surface area contributed by atoms with Gasteiger partial charge in [-0.05, 0) is 24.5 Å². The van der Waals surface area contributed by atoms with Crippen LogP contribution in [0.1, 0.15) is 23.7 Å². The van der Waals surface area contributed by atoms with Gasteiger partial charge in [0.05, 0.1) is 13.2 Å². The van der Waals surface area contributed by atoms with Gasteiger partial charge in [-0.25, -0.2) is 0 Å². The van der Waals surface area contributed by atoms with Crippen molar-refractivity contribution in [3.63, 3.8) is 0 Å². The first kappa shape index (κ1) is 13.7. The zero-order valence-corrected chi connectivity index (χ0v) is 11.3. The van der Waals surface area contributed by atoms with E-state index in [9.17, 15) is 9.90 Å². The molecule has 1 aliphatic heterocycles. The second-order valence-electron chi connectivity index (χ2n) is 5.08. The number of piperidine rings is 1. The van der Waals surface area contributed by atoms with Crippen LogP contribution < -0.4 is 10.5 Å². The summed E-state index contributed by atoms with van der Waals surface area (Å²) in [6.07, 6.45) is 0.297. The number of amides is 1. The maximum atomic E-state index is 12.4. The van der Waals surface area contributed by atoms with Crippen LogP contribution in [-0.2, 0) is 0 Å². The highest BCUT2D eigenvalue weighted by atomic mass is 16.5. The number of hydrogen-bond acceptors (Lipinski definition) is 4. The molecule has 5 nitrogen and oxygen atoms in total. The van der Waals surface area contributed by atoms with E-state index in [-0.39, 0.29) is 17.9 Å². The van der Waals surface area contributed by atoms with Crippen LogP contribution in [0.5, 0.6) is 5.75 Å². The third kappa shape index (κ3) is 2.98. The Labute approximate surface area is 113 Å². The second kappa shape index (κ2) is 5.48. The number of rotatable bonds is 2. The van der Waals surface area contributed by atoms with E-state index in [1.807, 2.05) is 6.92 Å². The van der Waals surface area contributed by atoms with Crippen molar-refractivity contribution in [1.29, 1.82) is 0 Å². The molecule has 5 heteroatoms. The number of carbonyl (C=O) groups is 1. The number of aliphatic hydroxyl groups excluding tert-OH is 1. The Morgan fingerprint density at radius 3 is 2.84 bits per heavy atom. The zero-order chi connectivity index (χ0) is 14.0. The molecule has 1 aliphatic rings. The predicted octanol–water partition coefficient (Wildman–Crippen LogP) is 1.12. The number of anilines is 1. The normalized spacial score (nSPS) is 23.2. The number of ether oxygens (including phenoxy) is 1. The molecule has 0 aliphatic carbocycles. The molecule has 0 radical (unpaired) electrons. The van der Waals surface area contributed by atoms with E-state index in [2.05, 4.69) is 0 Å². The van der Waals surface area contributed by atoms with Gasteiger partial charge in [-0.3, -0.25) is 4.79 Å². The van der Waals surface area contributed by atoms with Gasteiger partial charge >= 0.3 is 0 Å². The Hall–Kier alpha value is -1.75. The van der Waals surface area contributed by atoms with E-state index in [1.165, 1.54) is 0 Å². The molecule has 0 aromatic heterocycles. The minimum Gasteiger partial charge on any atom is -0.497 e. The molecule has 0 bridgehead atoms. The summed E-state index contributed by atoms with van der Waals surface area (Å²) in [5, 5.41) is 9.70. The van der Waals surface area contributed by atoms with Crippen LogP contribution in [0.15, 0.2) is 18.2 Å². The van der Waals surface area contributed by atoms with Gasteiger partial charge in [0.1, 0.15) is 5.75 Å². The Balaban J connectivity index is 2.17. The van der Waals surface area contributed by atoms with E-state index in [0.29, 0.717) is 36.5 Å². The molecule has 19 heavy (non-hydrogen) atoms. The fraction of sp³-hybridized carbons (Fsp3) is 0.500. The van der Waals surface area contributed by atoms with Crippen LogP contribution >= 0.6 is 0 Å². The zero-order valence-electron chi connectivity index (χ0n) is 11.3. The molecular formula is C14H20N2O3. The van der Waals surface area contributed by atoms with Gasteiger partial charge < -0.3 is 20.5 Å². The largest absolute Gasteiger partial charge is 0.497 e. The number of benzene rings is 1. The van der Waals surface area contributed by atoms with Crippen molar-refractivity contribution >= 4 is 11.6 Å². The first-order chi connectivity index (χ1) is 9.01. The average Bonchev–Trinajstić information content (AvgIpc) is 2.40. The molecule has 0 spiro atoms. The van der Waals surface area contributed by atoms with Crippen molar-refractivity contribution in [2.75, 3.05) is 25.9 Å². The summed E-state index contributed by atoms with van der Waals surface area (Å²) in [7, 11) is 1.54. The molecule has 3 N–H and O–H groups in total. The van der Waals surface area contributed by atoms with Gasteiger partial charge in [-0.15, -0.1) is 0 Å². The van der Waals surface area contributed by atoms with E-state index in [0.717, 1.165) is 0 Å². The smallest absolute Gasteiger partial charge is 0.254 e. The van der Waals surface area contributed by atoms with Crippen LogP contribution in [0.25, 0.3) is 0 Å². The molecule has 1 fully saturated rings. The summed E-state index contributed by atoms with van der Waals surface area (Å²) in [5.41, 5.74) is 6.80. The van der Waals surface area contributed by atoms with Crippen LogP contribution in [0.4, 0.5) is 5.69 Å². The number of hydrogen-bond donors (Lipinski definition) is 2. The second-order valence-corrected chi connectivity index (χ2v) is 5.08. The Morgan fingerprint density at radius 1 is 1.47 bits per heavy atom. The fourth-order valence-electron chi connectivity index (χ4n) is 2.36. The molecule has 1 heterocycles. The third-order valence-electron chi connectivity index (χ3n) is 3.56. The number of nitrogen functional groups attached to an aromatic ring is 1. The Morgan fingerprint density at radius 2 is 2.21 bits per heavy atom. The minimum absolute atomic E-state index is 0.0654. The van der Waals surface area contributed by atoms with Gasteiger partial charge in [0.2, 0.25) is 0 Å². The predicted molar refractivity (Wildman–Crippen MR) is 73.1 cm³/mol. The first-order valence-corrected chi connectivity index (χ1v) is 6.43. The molecule has 1 amide bonds. The number of nitrogens with zero attached hydrogens (tertiary/aromatic N) is 1. The minimum atomic E-state index is -0.320. The summed E-state index contributed by atoms with van der Waals surface area (Å²) in [6, 6.07) is 5.02. The lowest BCUT2D eigenvalue weighted by Crippen LogP contribution is -2.44. The van der Waals surface area contributed by atoms with Gasteiger partial charge in [-0.2, -0.15) is 0 Å². The van der Waals surface area contributed by atoms with E-state index in [1.54, 1.807) is 30.2 Å². The van der Waals surface area contributed by atoms with Crippen molar-refractivity contribution in [3.8, 4) is 5.75 Å². The van der Waals surface area contributed by atoms with Crippen molar-refractivity contribution in [1.82, 2.24) is 4.90 Å². The summed E-state index contributed by atoms with van der Waals surface area (Å²) in [5.74, 6) is 0.610.